The molecule has 0 amide bonds. The first-order valence-corrected chi connectivity index (χ1v) is 5.51. The summed E-state index contributed by atoms with van der Waals surface area (Å²) in [5, 5.41) is 7.10. The van der Waals surface area contributed by atoms with Crippen LogP contribution in [0.4, 0.5) is 0 Å². The van der Waals surface area contributed by atoms with Gasteiger partial charge in [0.25, 0.3) is 5.89 Å². The maximum Gasteiger partial charge on any atom is 0.252 e. The summed E-state index contributed by atoms with van der Waals surface area (Å²) in [4.78, 5) is 4.14. The van der Waals surface area contributed by atoms with Crippen molar-refractivity contribution >= 4 is 0 Å². The van der Waals surface area contributed by atoms with Crippen molar-refractivity contribution in [1.82, 2.24) is 15.5 Å². The first-order chi connectivity index (χ1) is 7.88. The summed E-state index contributed by atoms with van der Waals surface area (Å²) in [6.45, 7) is 2.74. The lowest BCUT2D eigenvalue weighted by atomic mass is 10.1. The molecule has 16 heavy (non-hydrogen) atoms. The van der Waals surface area contributed by atoms with Gasteiger partial charge in [0, 0.05) is 13.7 Å². The summed E-state index contributed by atoms with van der Waals surface area (Å²) in [5.74, 6) is 1.07. The molecule has 2 rings (SSSR count). The van der Waals surface area contributed by atoms with Crippen molar-refractivity contribution in [3.63, 3.8) is 0 Å². The van der Waals surface area contributed by atoms with Crippen molar-refractivity contribution in [3.05, 3.63) is 11.7 Å². The van der Waals surface area contributed by atoms with Gasteiger partial charge in [0.1, 0.15) is 13.2 Å². The summed E-state index contributed by atoms with van der Waals surface area (Å²) < 4.78 is 15.5. The number of methoxy groups -OCH3 is 1. The van der Waals surface area contributed by atoms with E-state index in [0.29, 0.717) is 24.9 Å². The standard InChI is InChI=1S/C10H17N3O3/c1-14-7-10-12-9(13-16-10)6-15-8-3-2-4-11-5-8/h8,11H,2-7H2,1H3. The Bertz CT molecular complexity index is 310. The van der Waals surface area contributed by atoms with Gasteiger partial charge in [0.2, 0.25) is 0 Å². The molecular formula is C10H17N3O3. The van der Waals surface area contributed by atoms with E-state index in [0.717, 1.165) is 25.9 Å². The largest absolute Gasteiger partial charge is 0.375 e. The van der Waals surface area contributed by atoms with Gasteiger partial charge in [-0.05, 0) is 19.4 Å². The number of ether oxygens (including phenoxy) is 2. The van der Waals surface area contributed by atoms with Gasteiger partial charge in [0.15, 0.2) is 5.82 Å². The van der Waals surface area contributed by atoms with E-state index in [1.807, 2.05) is 0 Å². The Balaban J connectivity index is 1.75. The number of nitrogens with one attached hydrogen (secondary N) is 1. The zero-order chi connectivity index (χ0) is 11.2. The number of aromatic nitrogens is 2. The van der Waals surface area contributed by atoms with Gasteiger partial charge < -0.3 is 19.3 Å². The molecule has 6 heteroatoms. The van der Waals surface area contributed by atoms with Crippen LogP contribution in [0.3, 0.4) is 0 Å². The lowest BCUT2D eigenvalue weighted by molar-refractivity contribution is 0.0210. The van der Waals surface area contributed by atoms with Crippen molar-refractivity contribution < 1.29 is 14.0 Å². The monoisotopic (exact) mass is 227 g/mol. The Morgan fingerprint density at radius 1 is 1.50 bits per heavy atom. The van der Waals surface area contributed by atoms with E-state index >= 15 is 0 Å². The number of hydrogen-bond acceptors (Lipinski definition) is 6. The van der Waals surface area contributed by atoms with Crippen LogP contribution in [0.2, 0.25) is 0 Å². The SMILES string of the molecule is COCc1nc(COC2CCCNC2)no1. The second-order valence-corrected chi connectivity index (χ2v) is 3.82. The Hall–Kier alpha value is -0.980. The molecule has 1 aliphatic rings. The normalized spacial score (nSPS) is 21.2. The number of piperidine rings is 1. The highest BCUT2D eigenvalue weighted by atomic mass is 16.5. The minimum absolute atomic E-state index is 0.262. The first kappa shape index (κ1) is 11.5. The molecule has 1 N–H and O–H groups in total. The van der Waals surface area contributed by atoms with Gasteiger partial charge >= 0.3 is 0 Å². The molecule has 90 valence electrons. The average molecular weight is 227 g/mol. The van der Waals surface area contributed by atoms with Crippen molar-refractivity contribution in [2.45, 2.75) is 32.2 Å². The third kappa shape index (κ3) is 3.26. The lowest BCUT2D eigenvalue weighted by Gasteiger charge is -2.22. The third-order valence-electron chi connectivity index (χ3n) is 2.48. The number of rotatable bonds is 5. The van der Waals surface area contributed by atoms with E-state index in [1.165, 1.54) is 0 Å². The van der Waals surface area contributed by atoms with E-state index in [9.17, 15) is 0 Å². The second-order valence-electron chi connectivity index (χ2n) is 3.82. The fourth-order valence-corrected chi connectivity index (χ4v) is 1.69. The third-order valence-corrected chi connectivity index (χ3v) is 2.48. The molecule has 1 unspecified atom stereocenters. The van der Waals surface area contributed by atoms with E-state index in [4.69, 9.17) is 14.0 Å². The predicted molar refractivity (Wildman–Crippen MR) is 55.7 cm³/mol. The van der Waals surface area contributed by atoms with Crippen LogP contribution in [0, 0.1) is 0 Å². The van der Waals surface area contributed by atoms with Crippen molar-refractivity contribution in [2.75, 3.05) is 20.2 Å². The zero-order valence-electron chi connectivity index (χ0n) is 9.44. The van der Waals surface area contributed by atoms with Crippen LogP contribution in [-0.4, -0.2) is 36.4 Å². The van der Waals surface area contributed by atoms with Gasteiger partial charge in [-0.25, -0.2) is 0 Å². The van der Waals surface area contributed by atoms with Crippen LogP contribution >= 0.6 is 0 Å². The molecule has 0 spiro atoms. The lowest BCUT2D eigenvalue weighted by Crippen LogP contribution is -2.35. The zero-order valence-corrected chi connectivity index (χ0v) is 9.44. The van der Waals surface area contributed by atoms with E-state index in [1.54, 1.807) is 7.11 Å². The Morgan fingerprint density at radius 3 is 3.19 bits per heavy atom. The Kier molecular flexibility index (Phi) is 4.26. The number of hydrogen-bond donors (Lipinski definition) is 1. The van der Waals surface area contributed by atoms with Gasteiger partial charge in [-0.2, -0.15) is 4.98 Å². The summed E-state index contributed by atoms with van der Waals surface area (Å²) in [5.41, 5.74) is 0. The Labute approximate surface area is 94.3 Å². The molecule has 2 heterocycles. The van der Waals surface area contributed by atoms with Crippen LogP contribution in [0.15, 0.2) is 4.52 Å². The molecular weight excluding hydrogens is 210 g/mol. The van der Waals surface area contributed by atoms with Crippen molar-refractivity contribution in [2.24, 2.45) is 0 Å². The molecule has 1 aliphatic heterocycles. The number of nitrogens with zero attached hydrogens (tertiary/aromatic N) is 2. The van der Waals surface area contributed by atoms with Crippen LogP contribution in [0.25, 0.3) is 0 Å². The predicted octanol–water partition coefficient (Wildman–Crippen LogP) is 0.485. The molecule has 1 saturated heterocycles. The minimum atomic E-state index is 0.262. The molecule has 0 saturated carbocycles. The highest BCUT2D eigenvalue weighted by molar-refractivity contribution is 4.83. The highest BCUT2D eigenvalue weighted by Gasteiger charge is 2.14. The fraction of sp³-hybridized carbons (Fsp3) is 0.800. The summed E-state index contributed by atoms with van der Waals surface area (Å²) >= 11 is 0. The highest BCUT2D eigenvalue weighted by Crippen LogP contribution is 2.08. The molecule has 6 nitrogen and oxygen atoms in total. The average Bonchev–Trinajstić information content (AvgIpc) is 2.76. The summed E-state index contributed by atoms with van der Waals surface area (Å²) in [7, 11) is 1.59. The molecule has 0 aromatic carbocycles. The van der Waals surface area contributed by atoms with Crippen LogP contribution < -0.4 is 5.32 Å². The topological polar surface area (TPSA) is 69.4 Å². The molecule has 0 aliphatic carbocycles. The smallest absolute Gasteiger partial charge is 0.252 e. The van der Waals surface area contributed by atoms with E-state index in [2.05, 4.69) is 15.5 Å². The van der Waals surface area contributed by atoms with Crippen LogP contribution in [0.5, 0.6) is 0 Å². The first-order valence-electron chi connectivity index (χ1n) is 5.51. The molecule has 0 bridgehead atoms. The van der Waals surface area contributed by atoms with Gasteiger partial charge in [-0.15, -0.1) is 0 Å². The molecule has 0 radical (unpaired) electrons. The fourth-order valence-electron chi connectivity index (χ4n) is 1.69. The van der Waals surface area contributed by atoms with Gasteiger partial charge in [-0.1, -0.05) is 5.16 Å². The van der Waals surface area contributed by atoms with Crippen LogP contribution in [-0.2, 0) is 22.7 Å². The van der Waals surface area contributed by atoms with E-state index in [-0.39, 0.29) is 6.10 Å². The van der Waals surface area contributed by atoms with Crippen molar-refractivity contribution in [1.29, 1.82) is 0 Å². The van der Waals surface area contributed by atoms with Crippen LogP contribution in [0.1, 0.15) is 24.6 Å². The maximum absolute atomic E-state index is 5.67. The quantitative estimate of drug-likeness (QED) is 0.789. The second kappa shape index (κ2) is 5.93. The summed E-state index contributed by atoms with van der Waals surface area (Å²) in [6, 6.07) is 0. The van der Waals surface area contributed by atoms with Gasteiger partial charge in [-0.3, -0.25) is 0 Å². The minimum Gasteiger partial charge on any atom is -0.375 e. The van der Waals surface area contributed by atoms with Gasteiger partial charge in [0.05, 0.1) is 6.10 Å². The molecule has 1 aromatic rings. The maximum atomic E-state index is 5.67. The van der Waals surface area contributed by atoms with Crippen molar-refractivity contribution in [3.8, 4) is 0 Å². The van der Waals surface area contributed by atoms with E-state index < -0.39 is 0 Å². The molecule has 1 atom stereocenters. The molecule has 1 aromatic heterocycles. The molecule has 1 fully saturated rings. The summed E-state index contributed by atoms with van der Waals surface area (Å²) in [6.07, 6.45) is 2.51. The Morgan fingerprint density at radius 2 is 2.44 bits per heavy atom.